The van der Waals surface area contributed by atoms with E-state index in [0.29, 0.717) is 5.69 Å². The van der Waals surface area contributed by atoms with E-state index in [1.165, 1.54) is 11.6 Å². The van der Waals surface area contributed by atoms with Gasteiger partial charge in [0.15, 0.2) is 11.2 Å². The van der Waals surface area contributed by atoms with Gasteiger partial charge in [0.25, 0.3) is 5.56 Å². The third kappa shape index (κ3) is 3.07. The van der Waals surface area contributed by atoms with Crippen molar-refractivity contribution in [1.82, 2.24) is 19.1 Å². The molecule has 0 bridgehead atoms. The highest BCUT2D eigenvalue weighted by Crippen LogP contribution is 2.36. The number of para-hydroxylation sites is 2. The molecular formula is C23H22N6O2. The maximum atomic E-state index is 12.8. The van der Waals surface area contributed by atoms with Crippen LogP contribution in [0.4, 0.5) is 11.4 Å². The van der Waals surface area contributed by atoms with E-state index in [1.54, 1.807) is 13.2 Å². The summed E-state index contributed by atoms with van der Waals surface area (Å²) in [5, 5.41) is 0. The van der Waals surface area contributed by atoms with Crippen LogP contribution in [0.15, 0.2) is 76.4 Å². The molecule has 1 saturated heterocycles. The van der Waals surface area contributed by atoms with Gasteiger partial charge in [0.05, 0.1) is 6.20 Å². The van der Waals surface area contributed by atoms with Crippen LogP contribution in [0, 0.1) is 0 Å². The van der Waals surface area contributed by atoms with Crippen molar-refractivity contribution in [2.75, 3.05) is 22.9 Å². The highest BCUT2D eigenvalue weighted by atomic mass is 16.2. The Kier molecular flexibility index (Phi) is 4.54. The first-order valence-corrected chi connectivity index (χ1v) is 10.1. The maximum absolute atomic E-state index is 12.8. The van der Waals surface area contributed by atoms with Crippen LogP contribution in [0.5, 0.6) is 0 Å². The largest absolute Gasteiger partial charge is 0.344 e. The Balaban J connectivity index is 1.70. The number of aromatic nitrogens is 4. The summed E-state index contributed by atoms with van der Waals surface area (Å²) in [6, 6.07) is 20.3. The van der Waals surface area contributed by atoms with Crippen molar-refractivity contribution in [3.8, 4) is 0 Å². The molecule has 1 aliphatic heterocycles. The Morgan fingerprint density at radius 1 is 0.806 bits per heavy atom. The molecule has 0 radical (unpaired) electrons. The summed E-state index contributed by atoms with van der Waals surface area (Å²) in [4.78, 5) is 38.8. The standard InChI is InChI=1S/C23H22N6O2/c1-26-20-19(22(30)27(2)23(26)31)25-18(15-24-20)21-28(16-9-5-3-6-10-16)13-14-29(21)17-11-7-4-8-12-17/h3-12,15,21H,13-14H2,1-2H3. The molecule has 1 fully saturated rings. The van der Waals surface area contributed by atoms with Crippen LogP contribution in [-0.2, 0) is 14.1 Å². The van der Waals surface area contributed by atoms with Gasteiger partial charge in [-0.25, -0.2) is 14.8 Å². The number of hydrogen-bond donors (Lipinski definition) is 0. The van der Waals surface area contributed by atoms with Gasteiger partial charge < -0.3 is 9.80 Å². The number of benzene rings is 2. The van der Waals surface area contributed by atoms with Crippen molar-refractivity contribution in [3.05, 3.63) is 93.4 Å². The van der Waals surface area contributed by atoms with Gasteiger partial charge in [0, 0.05) is 38.6 Å². The van der Waals surface area contributed by atoms with E-state index in [1.807, 2.05) is 36.4 Å². The first-order valence-electron chi connectivity index (χ1n) is 10.1. The summed E-state index contributed by atoms with van der Waals surface area (Å²) in [5.74, 6) is 0. The molecule has 0 spiro atoms. The molecule has 0 atom stereocenters. The normalized spacial score (nSPS) is 14.5. The predicted molar refractivity (Wildman–Crippen MR) is 120 cm³/mol. The topological polar surface area (TPSA) is 76.3 Å². The summed E-state index contributed by atoms with van der Waals surface area (Å²) in [6.45, 7) is 1.60. The molecule has 2 aromatic heterocycles. The molecule has 8 nitrogen and oxygen atoms in total. The second-order valence-electron chi connectivity index (χ2n) is 7.60. The summed E-state index contributed by atoms with van der Waals surface area (Å²) < 4.78 is 2.42. The lowest BCUT2D eigenvalue weighted by Crippen LogP contribution is -2.38. The van der Waals surface area contributed by atoms with Gasteiger partial charge in [0.1, 0.15) is 11.9 Å². The van der Waals surface area contributed by atoms with Crippen LogP contribution >= 0.6 is 0 Å². The van der Waals surface area contributed by atoms with Crippen LogP contribution in [0.1, 0.15) is 11.9 Å². The van der Waals surface area contributed by atoms with E-state index in [2.05, 4.69) is 39.0 Å². The van der Waals surface area contributed by atoms with Crippen molar-refractivity contribution < 1.29 is 0 Å². The Labute approximate surface area is 178 Å². The van der Waals surface area contributed by atoms with E-state index in [9.17, 15) is 9.59 Å². The molecule has 31 heavy (non-hydrogen) atoms. The minimum Gasteiger partial charge on any atom is -0.344 e. The van der Waals surface area contributed by atoms with Crippen LogP contribution in [0.3, 0.4) is 0 Å². The molecule has 0 unspecified atom stereocenters. The van der Waals surface area contributed by atoms with Gasteiger partial charge in [-0.1, -0.05) is 36.4 Å². The van der Waals surface area contributed by atoms with Crippen molar-refractivity contribution in [2.45, 2.75) is 6.17 Å². The lowest BCUT2D eigenvalue weighted by molar-refractivity contribution is 0.677. The van der Waals surface area contributed by atoms with E-state index < -0.39 is 11.2 Å². The first-order chi connectivity index (χ1) is 15.1. The third-order valence-electron chi connectivity index (χ3n) is 5.78. The summed E-state index contributed by atoms with van der Waals surface area (Å²) >= 11 is 0. The molecule has 4 aromatic rings. The fourth-order valence-corrected chi connectivity index (χ4v) is 4.20. The van der Waals surface area contributed by atoms with E-state index in [0.717, 1.165) is 29.0 Å². The van der Waals surface area contributed by atoms with Crippen molar-refractivity contribution in [3.63, 3.8) is 0 Å². The lowest BCUT2D eigenvalue weighted by Gasteiger charge is -2.32. The fourth-order valence-electron chi connectivity index (χ4n) is 4.20. The second kappa shape index (κ2) is 7.39. The smallest absolute Gasteiger partial charge is 0.332 e. The van der Waals surface area contributed by atoms with E-state index in [4.69, 9.17) is 4.98 Å². The van der Waals surface area contributed by atoms with E-state index >= 15 is 0 Å². The molecule has 2 aromatic carbocycles. The van der Waals surface area contributed by atoms with E-state index in [-0.39, 0.29) is 17.3 Å². The van der Waals surface area contributed by atoms with Gasteiger partial charge >= 0.3 is 5.69 Å². The number of fused-ring (bicyclic) bond motifs is 1. The van der Waals surface area contributed by atoms with Crippen LogP contribution < -0.4 is 21.0 Å². The quantitative estimate of drug-likeness (QED) is 0.511. The number of hydrogen-bond acceptors (Lipinski definition) is 6. The fraction of sp³-hybridized carbons (Fsp3) is 0.217. The summed E-state index contributed by atoms with van der Waals surface area (Å²) in [6.07, 6.45) is 1.44. The Morgan fingerprint density at radius 2 is 1.35 bits per heavy atom. The number of rotatable bonds is 3. The molecule has 5 rings (SSSR count). The van der Waals surface area contributed by atoms with Crippen molar-refractivity contribution in [2.24, 2.45) is 14.1 Å². The Bertz CT molecular complexity index is 1320. The Hall–Kier alpha value is -3.94. The lowest BCUT2D eigenvalue weighted by atomic mass is 10.2. The molecule has 1 aliphatic rings. The van der Waals surface area contributed by atoms with Gasteiger partial charge in [-0.2, -0.15) is 0 Å². The molecule has 0 saturated carbocycles. The third-order valence-corrected chi connectivity index (χ3v) is 5.78. The zero-order valence-corrected chi connectivity index (χ0v) is 17.3. The number of nitrogens with zero attached hydrogens (tertiary/aromatic N) is 6. The van der Waals surface area contributed by atoms with Gasteiger partial charge in [0.2, 0.25) is 0 Å². The minimum atomic E-state index is -0.442. The molecule has 8 heteroatoms. The zero-order chi connectivity index (χ0) is 21.5. The van der Waals surface area contributed by atoms with Crippen LogP contribution in [0.25, 0.3) is 11.2 Å². The SMILES string of the molecule is Cn1c(=O)c2nc(C3N(c4ccccc4)CCN3c3ccccc3)cnc2n(C)c1=O. The Morgan fingerprint density at radius 3 is 1.90 bits per heavy atom. The number of aryl methyl sites for hydroxylation is 1. The van der Waals surface area contributed by atoms with Crippen LogP contribution in [0.2, 0.25) is 0 Å². The molecule has 3 heterocycles. The average molecular weight is 414 g/mol. The molecular weight excluding hydrogens is 392 g/mol. The molecule has 0 aliphatic carbocycles. The van der Waals surface area contributed by atoms with Gasteiger partial charge in [-0.3, -0.25) is 13.9 Å². The maximum Gasteiger partial charge on any atom is 0.332 e. The highest BCUT2D eigenvalue weighted by Gasteiger charge is 2.35. The molecule has 0 N–H and O–H groups in total. The molecule has 156 valence electrons. The number of anilines is 2. The predicted octanol–water partition coefficient (Wildman–Crippen LogP) is 2.05. The minimum absolute atomic E-state index is 0.190. The van der Waals surface area contributed by atoms with Gasteiger partial charge in [-0.15, -0.1) is 0 Å². The highest BCUT2D eigenvalue weighted by molar-refractivity contribution is 5.69. The van der Waals surface area contributed by atoms with Crippen molar-refractivity contribution >= 4 is 22.5 Å². The summed E-state index contributed by atoms with van der Waals surface area (Å²) in [5.41, 5.74) is 2.42. The van der Waals surface area contributed by atoms with Crippen molar-refractivity contribution in [1.29, 1.82) is 0 Å². The van der Waals surface area contributed by atoms with Gasteiger partial charge in [-0.05, 0) is 24.3 Å². The monoisotopic (exact) mass is 414 g/mol. The zero-order valence-electron chi connectivity index (χ0n) is 17.3. The second-order valence-corrected chi connectivity index (χ2v) is 7.60. The molecule has 0 amide bonds. The van der Waals surface area contributed by atoms with Crippen LogP contribution in [-0.4, -0.2) is 32.2 Å². The first kappa shape index (κ1) is 19.0. The summed E-state index contributed by atoms with van der Waals surface area (Å²) in [7, 11) is 3.06. The average Bonchev–Trinajstić information content (AvgIpc) is 3.27.